The molecule has 0 aliphatic carbocycles. The molecule has 1 aromatic heterocycles. The van der Waals surface area contributed by atoms with Crippen molar-refractivity contribution in [2.75, 3.05) is 0 Å². The zero-order valence-electron chi connectivity index (χ0n) is 10.0. The van der Waals surface area contributed by atoms with Crippen molar-refractivity contribution < 1.29 is 23.2 Å². The molecule has 0 spiro atoms. The van der Waals surface area contributed by atoms with Crippen LogP contribution in [0.2, 0.25) is 0 Å². The minimum absolute atomic E-state index is 0.118. The highest BCUT2D eigenvalue weighted by molar-refractivity contribution is 8.13. The summed E-state index contributed by atoms with van der Waals surface area (Å²) in [4.78, 5) is 20.9. The van der Waals surface area contributed by atoms with Crippen molar-refractivity contribution in [2.24, 2.45) is 0 Å². The highest BCUT2D eigenvalue weighted by Gasteiger charge is 2.27. The first kappa shape index (κ1) is 14.9. The van der Waals surface area contributed by atoms with Gasteiger partial charge in [0, 0.05) is 22.8 Å². The van der Waals surface area contributed by atoms with Crippen LogP contribution in [0.5, 0.6) is 0 Å². The second-order valence-electron chi connectivity index (χ2n) is 3.79. The van der Waals surface area contributed by atoms with Gasteiger partial charge in [-0.25, -0.2) is 17.9 Å². The van der Waals surface area contributed by atoms with Crippen molar-refractivity contribution in [1.82, 2.24) is 9.78 Å². The third-order valence-corrected chi connectivity index (χ3v) is 3.78. The second-order valence-corrected chi connectivity index (χ2v) is 6.27. The van der Waals surface area contributed by atoms with E-state index in [1.165, 1.54) is 12.1 Å². The number of carboxylic acids is 1. The zero-order chi connectivity index (χ0) is 15.8. The molecule has 0 atom stereocenters. The van der Waals surface area contributed by atoms with Gasteiger partial charge in [-0.3, -0.25) is 10.1 Å². The number of aromatic carboxylic acids is 1. The number of nitro groups is 1. The molecule has 1 heterocycles. The molecule has 2 aromatic rings. The summed E-state index contributed by atoms with van der Waals surface area (Å²) in [7, 11) is 0.843. The molecule has 110 valence electrons. The standard InChI is InChI=1S/C10H6ClN3O6S/c11-21(19,20)9-8(10(15)16)5-12-13(9)6-1-3-7(4-2-6)14(17)18/h1-5H,(H,15,16). The Hall–Kier alpha value is -2.46. The maximum atomic E-state index is 11.5. The number of carbonyl (C=O) groups is 1. The van der Waals surface area contributed by atoms with Gasteiger partial charge in [-0.15, -0.1) is 0 Å². The number of nitro benzene ring substituents is 1. The van der Waals surface area contributed by atoms with Gasteiger partial charge in [-0.05, 0) is 12.1 Å². The highest BCUT2D eigenvalue weighted by atomic mass is 35.7. The summed E-state index contributed by atoms with van der Waals surface area (Å²) in [6, 6.07) is 4.70. The van der Waals surface area contributed by atoms with Gasteiger partial charge in [0.15, 0.2) is 5.03 Å². The quantitative estimate of drug-likeness (QED) is 0.508. The topological polar surface area (TPSA) is 132 Å². The van der Waals surface area contributed by atoms with Crippen molar-refractivity contribution >= 4 is 31.4 Å². The maximum absolute atomic E-state index is 11.5. The Morgan fingerprint density at radius 2 is 1.90 bits per heavy atom. The maximum Gasteiger partial charge on any atom is 0.340 e. The zero-order valence-corrected chi connectivity index (χ0v) is 11.6. The molecule has 0 aliphatic rings. The SMILES string of the molecule is O=C(O)c1cnn(-c2ccc([N+](=O)[O-])cc2)c1S(=O)(=O)Cl. The molecule has 2 rings (SSSR count). The number of nitrogens with zero attached hydrogens (tertiary/aromatic N) is 3. The van der Waals surface area contributed by atoms with Crippen LogP contribution in [0.3, 0.4) is 0 Å². The van der Waals surface area contributed by atoms with Crippen LogP contribution < -0.4 is 0 Å². The van der Waals surface area contributed by atoms with Crippen molar-refractivity contribution in [1.29, 1.82) is 0 Å². The molecule has 0 aliphatic heterocycles. The van der Waals surface area contributed by atoms with Crippen LogP contribution in [0.4, 0.5) is 5.69 Å². The van der Waals surface area contributed by atoms with E-state index in [1.807, 2.05) is 0 Å². The van der Waals surface area contributed by atoms with Crippen LogP contribution in [0, 0.1) is 10.1 Å². The predicted molar refractivity (Wildman–Crippen MR) is 70.2 cm³/mol. The number of aromatic nitrogens is 2. The smallest absolute Gasteiger partial charge is 0.340 e. The lowest BCUT2D eigenvalue weighted by molar-refractivity contribution is -0.384. The normalized spacial score (nSPS) is 11.3. The van der Waals surface area contributed by atoms with Crippen LogP contribution in [0.15, 0.2) is 35.5 Å². The van der Waals surface area contributed by atoms with E-state index in [0.717, 1.165) is 23.0 Å². The van der Waals surface area contributed by atoms with Gasteiger partial charge in [0.1, 0.15) is 5.56 Å². The van der Waals surface area contributed by atoms with Gasteiger partial charge >= 0.3 is 5.97 Å². The monoisotopic (exact) mass is 331 g/mol. The molecule has 11 heteroatoms. The van der Waals surface area contributed by atoms with Gasteiger partial charge in [0.05, 0.1) is 16.8 Å². The van der Waals surface area contributed by atoms with E-state index in [-0.39, 0.29) is 11.4 Å². The van der Waals surface area contributed by atoms with Crippen LogP contribution in [-0.2, 0) is 9.05 Å². The van der Waals surface area contributed by atoms with E-state index in [1.54, 1.807) is 0 Å². The Morgan fingerprint density at radius 3 is 2.33 bits per heavy atom. The molecule has 0 saturated heterocycles. The molecule has 1 N–H and O–H groups in total. The largest absolute Gasteiger partial charge is 0.478 e. The molecular weight excluding hydrogens is 326 g/mol. The number of carboxylic acid groups (broad SMARTS) is 1. The Kier molecular flexibility index (Phi) is 3.66. The molecule has 0 bridgehead atoms. The molecule has 0 amide bonds. The Labute approximate surface area is 122 Å². The van der Waals surface area contributed by atoms with Crippen LogP contribution in [-0.4, -0.2) is 34.2 Å². The van der Waals surface area contributed by atoms with Gasteiger partial charge in [-0.2, -0.15) is 5.10 Å². The number of rotatable bonds is 4. The van der Waals surface area contributed by atoms with Crippen molar-refractivity contribution in [3.63, 3.8) is 0 Å². The number of hydrogen-bond acceptors (Lipinski definition) is 6. The van der Waals surface area contributed by atoms with Crippen LogP contribution >= 0.6 is 10.7 Å². The average molecular weight is 332 g/mol. The van der Waals surface area contributed by atoms with Crippen LogP contribution in [0.25, 0.3) is 5.69 Å². The Balaban J connectivity index is 2.64. The Bertz CT molecular complexity index is 827. The van der Waals surface area contributed by atoms with Crippen molar-refractivity contribution in [3.05, 3.63) is 46.1 Å². The summed E-state index contributed by atoms with van der Waals surface area (Å²) in [6.45, 7) is 0. The fraction of sp³-hybridized carbons (Fsp3) is 0. The summed E-state index contributed by atoms with van der Waals surface area (Å²) in [5.74, 6) is -1.51. The molecule has 0 unspecified atom stereocenters. The minimum Gasteiger partial charge on any atom is -0.478 e. The fourth-order valence-corrected chi connectivity index (χ4v) is 2.83. The summed E-state index contributed by atoms with van der Waals surface area (Å²) in [5, 5.41) is 22.4. The van der Waals surface area contributed by atoms with Gasteiger partial charge < -0.3 is 5.11 Å². The van der Waals surface area contributed by atoms with E-state index < -0.39 is 30.5 Å². The van der Waals surface area contributed by atoms with Gasteiger partial charge in [0.2, 0.25) is 0 Å². The highest BCUT2D eigenvalue weighted by Crippen LogP contribution is 2.24. The van der Waals surface area contributed by atoms with Crippen molar-refractivity contribution in [2.45, 2.75) is 5.03 Å². The van der Waals surface area contributed by atoms with E-state index in [2.05, 4.69) is 5.10 Å². The fourth-order valence-electron chi connectivity index (χ4n) is 1.62. The lowest BCUT2D eigenvalue weighted by atomic mass is 10.3. The third kappa shape index (κ3) is 2.85. The predicted octanol–water partition coefficient (Wildman–Crippen LogP) is 1.41. The number of non-ortho nitro benzene ring substituents is 1. The van der Waals surface area contributed by atoms with E-state index in [0.29, 0.717) is 0 Å². The molecule has 0 fully saturated rings. The lowest BCUT2D eigenvalue weighted by Crippen LogP contribution is -2.09. The molecule has 9 nitrogen and oxygen atoms in total. The first-order valence-electron chi connectivity index (χ1n) is 5.22. The summed E-state index contributed by atoms with van der Waals surface area (Å²) < 4.78 is 23.8. The Morgan fingerprint density at radius 1 is 1.33 bits per heavy atom. The van der Waals surface area contributed by atoms with Crippen molar-refractivity contribution in [3.8, 4) is 5.69 Å². The molecular formula is C10H6ClN3O6S. The number of hydrogen-bond donors (Lipinski definition) is 1. The number of benzene rings is 1. The molecule has 0 saturated carbocycles. The third-order valence-electron chi connectivity index (χ3n) is 2.49. The van der Waals surface area contributed by atoms with Gasteiger partial charge in [-0.1, -0.05) is 0 Å². The summed E-state index contributed by atoms with van der Waals surface area (Å²) >= 11 is 0. The molecule has 21 heavy (non-hydrogen) atoms. The first-order chi connectivity index (χ1) is 9.71. The minimum atomic E-state index is -4.38. The molecule has 0 radical (unpaired) electrons. The van der Waals surface area contributed by atoms with E-state index in [4.69, 9.17) is 15.8 Å². The van der Waals surface area contributed by atoms with Crippen LogP contribution in [0.1, 0.15) is 10.4 Å². The summed E-state index contributed by atoms with van der Waals surface area (Å²) in [6.07, 6.45) is 0.832. The van der Waals surface area contributed by atoms with E-state index in [9.17, 15) is 23.3 Å². The second kappa shape index (κ2) is 5.14. The first-order valence-corrected chi connectivity index (χ1v) is 7.53. The molecule has 1 aromatic carbocycles. The average Bonchev–Trinajstić information content (AvgIpc) is 2.83. The van der Waals surface area contributed by atoms with Gasteiger partial charge in [0.25, 0.3) is 14.7 Å². The number of halogens is 1. The lowest BCUT2D eigenvalue weighted by Gasteiger charge is -2.05. The van der Waals surface area contributed by atoms with E-state index >= 15 is 0 Å². The summed E-state index contributed by atoms with van der Waals surface area (Å²) in [5.41, 5.74) is -0.685.